The summed E-state index contributed by atoms with van der Waals surface area (Å²) in [5.41, 5.74) is 15.8. The maximum Gasteiger partial charge on any atom is 0.337 e. The van der Waals surface area contributed by atoms with Gasteiger partial charge in [0.05, 0.1) is 83.9 Å². The van der Waals surface area contributed by atoms with Crippen molar-refractivity contribution in [2.24, 2.45) is 47.3 Å². The van der Waals surface area contributed by atoms with Crippen molar-refractivity contribution in [2.45, 2.75) is 201 Å². The number of carbonyl (C=O) groups excluding carboxylic acids is 1. The van der Waals surface area contributed by atoms with E-state index < -0.39 is 5.82 Å². The Balaban J connectivity index is 0.000000104. The zero-order chi connectivity index (χ0) is 87.0. The van der Waals surface area contributed by atoms with Crippen LogP contribution in [0, 0.1) is 82.2 Å². The van der Waals surface area contributed by atoms with Crippen LogP contribution in [0.3, 0.4) is 0 Å². The summed E-state index contributed by atoms with van der Waals surface area (Å²) in [6.45, 7) is 0. The van der Waals surface area contributed by atoms with E-state index in [2.05, 4.69) is 64.1 Å². The van der Waals surface area contributed by atoms with Gasteiger partial charge in [-0.15, -0.1) is 0 Å². The predicted molar refractivity (Wildman–Crippen MR) is 493 cm³/mol. The Morgan fingerprint density at radius 2 is 0.570 bits per heavy atom. The number of aromatic nitrogens is 12. The third-order valence-electron chi connectivity index (χ3n) is 30.0. The van der Waals surface area contributed by atoms with E-state index in [4.69, 9.17) is 47.9 Å². The van der Waals surface area contributed by atoms with E-state index in [1.54, 1.807) is 72.8 Å². The van der Waals surface area contributed by atoms with Crippen LogP contribution in [0.25, 0.3) is 87.7 Å². The van der Waals surface area contributed by atoms with Crippen molar-refractivity contribution < 1.29 is 35.9 Å². The highest BCUT2D eigenvalue weighted by atomic mass is 35.5. The topological polar surface area (TPSA) is 193 Å². The molecule has 128 heavy (non-hydrogen) atoms. The third kappa shape index (κ3) is 17.7. The first-order chi connectivity index (χ1) is 62.5. The van der Waals surface area contributed by atoms with Crippen molar-refractivity contribution in [3.05, 3.63) is 285 Å². The van der Waals surface area contributed by atoms with Crippen molar-refractivity contribution in [1.29, 1.82) is 0 Å². The number of imidazole rings is 4. The van der Waals surface area contributed by atoms with Gasteiger partial charge in [-0.2, -0.15) is 0 Å². The third-order valence-corrected chi connectivity index (χ3v) is 30.5. The highest BCUT2D eigenvalue weighted by Crippen LogP contribution is 2.57. The Morgan fingerprint density at radius 3 is 0.891 bits per heavy atom. The molecule has 0 radical (unpaired) electrons. The van der Waals surface area contributed by atoms with E-state index in [0.29, 0.717) is 99.8 Å². The Labute approximate surface area is 748 Å². The number of aromatic amines is 4. The molecule has 654 valence electrons. The Hall–Kier alpha value is -11.1. The van der Waals surface area contributed by atoms with E-state index in [1.165, 1.54) is 130 Å². The van der Waals surface area contributed by atoms with E-state index in [9.17, 15) is 31.1 Å². The Kier molecular flexibility index (Phi) is 23.4. The number of halogens is 8. The quantitative estimate of drug-likeness (QED) is 0.0504. The monoisotopic (exact) mass is 1760 g/mol. The number of esters is 1. The molecule has 0 saturated heterocycles. The summed E-state index contributed by atoms with van der Waals surface area (Å²) in [7, 11) is 1.40. The smallest absolute Gasteiger partial charge is 0.337 e. The molecule has 4 atom stereocenters. The molecule has 0 unspecified atom stereocenters. The minimum Gasteiger partial charge on any atom is -0.465 e. The SMILES string of the molecule is COC(=O)c1ccc2nc([C@@H](C3CCC(c4ccnc5ccc(F)cc45)CC3)C3CC3)[nH]c2c1.Fc1ccc2nc([C@@H](C3CCC(c4ccnc5ccc(F)cc45)CC3)C3CC3)[nH]c2c1.Fc1ccc2nccc(C3CCC([C@H](c4nc5cc(Cl)c(F)cc5[nH]4)C4CC4)CC3)c2c1.Fc1ccc2nccc(C3CCC([C@H](c4nc5ccc(Cl)cc5[nH]4)C4CC4)CC3)c2c1. The fourth-order valence-electron chi connectivity index (χ4n) is 23.2. The summed E-state index contributed by atoms with van der Waals surface area (Å²) in [5, 5.41) is 4.66. The first-order valence-corrected chi connectivity index (χ1v) is 47.1. The molecule has 8 aliphatic carbocycles. The molecule has 0 aliphatic heterocycles. The Bertz CT molecular complexity index is 6570. The van der Waals surface area contributed by atoms with Gasteiger partial charge in [0.15, 0.2) is 0 Å². The van der Waals surface area contributed by atoms with Gasteiger partial charge in [0.1, 0.15) is 58.2 Å². The van der Waals surface area contributed by atoms with Gasteiger partial charge in [0.2, 0.25) is 0 Å². The predicted octanol–water partition coefficient (Wildman–Crippen LogP) is 28.2. The first kappa shape index (κ1) is 83.8. The number of methoxy groups -OCH3 is 1. The fourth-order valence-corrected chi connectivity index (χ4v) is 23.6. The molecule has 8 saturated carbocycles. The number of carbonyl (C=O) groups is 1. The van der Waals surface area contributed by atoms with Crippen LogP contribution in [-0.2, 0) is 4.74 Å². The normalized spacial score (nSPS) is 22.4. The number of H-pyrrole nitrogens is 4. The first-order valence-electron chi connectivity index (χ1n) is 46.4. The summed E-state index contributed by atoms with van der Waals surface area (Å²) in [6.07, 6.45) is 35.4. The van der Waals surface area contributed by atoms with Crippen LogP contribution in [0.5, 0.6) is 0 Å². The zero-order valence-electron chi connectivity index (χ0n) is 71.5. The average molecular weight is 1760 g/mol. The zero-order valence-corrected chi connectivity index (χ0v) is 73.0. The van der Waals surface area contributed by atoms with Crippen LogP contribution in [-0.4, -0.2) is 72.9 Å². The van der Waals surface area contributed by atoms with Crippen molar-refractivity contribution in [2.75, 3.05) is 7.11 Å². The number of ether oxygens (including phenoxy) is 1. The number of nitrogens with one attached hydrogen (secondary N) is 4. The molecule has 22 heteroatoms. The number of fused-ring (bicyclic) bond motifs is 8. The molecule has 8 aromatic heterocycles. The molecule has 24 rings (SSSR count). The second kappa shape index (κ2) is 35.7. The molecular weight excluding hydrogens is 1660 g/mol. The van der Waals surface area contributed by atoms with Crippen LogP contribution in [0.15, 0.2) is 189 Å². The molecule has 16 aromatic rings. The highest BCUT2D eigenvalue weighted by molar-refractivity contribution is 6.31. The van der Waals surface area contributed by atoms with Crippen molar-refractivity contribution in [3.8, 4) is 0 Å². The van der Waals surface area contributed by atoms with Gasteiger partial charge < -0.3 is 24.7 Å². The van der Waals surface area contributed by atoms with Crippen LogP contribution in [0.4, 0.5) is 26.3 Å². The maximum atomic E-state index is 13.9. The summed E-state index contributed by atoms with van der Waals surface area (Å²) >= 11 is 12.1. The molecule has 0 bridgehead atoms. The summed E-state index contributed by atoms with van der Waals surface area (Å²) in [4.78, 5) is 63.1. The minimum absolute atomic E-state index is 0.111. The van der Waals surface area contributed by atoms with Gasteiger partial charge in [-0.3, -0.25) is 19.9 Å². The molecule has 0 amide bonds. The number of pyridine rings is 4. The summed E-state index contributed by atoms with van der Waals surface area (Å²) in [5.74, 6) is 11.0. The number of hydrogen-bond acceptors (Lipinski definition) is 10. The second-order valence-electron chi connectivity index (χ2n) is 38.0. The van der Waals surface area contributed by atoms with Gasteiger partial charge in [0.25, 0.3) is 0 Å². The van der Waals surface area contributed by atoms with Crippen molar-refractivity contribution in [3.63, 3.8) is 0 Å². The lowest BCUT2D eigenvalue weighted by molar-refractivity contribution is 0.0600. The molecule has 8 aromatic carbocycles. The molecule has 0 spiro atoms. The molecule has 4 N–H and O–H groups in total. The number of rotatable bonds is 17. The number of hydrogen-bond donors (Lipinski definition) is 4. The largest absolute Gasteiger partial charge is 0.465 e. The van der Waals surface area contributed by atoms with E-state index >= 15 is 0 Å². The van der Waals surface area contributed by atoms with Gasteiger partial charge in [-0.25, -0.2) is 51.1 Å². The lowest BCUT2D eigenvalue weighted by Crippen LogP contribution is -2.22. The van der Waals surface area contributed by atoms with Crippen LogP contribution < -0.4 is 0 Å². The average Bonchev–Trinajstić information content (AvgIpc) is 1.62. The molecule has 8 heterocycles. The standard InChI is InChI=1S/C28H28FN3O2.C26H24ClF2N3.C26H25ClFN3.C26H25F2N3/c1-34-28(33)19-8-10-24-25(14-19)32-27(31-24)26(18-6-7-18)17-4-2-16(3-5-17)21-12-13-30-23-11-9-20(29)15-22(21)23;27-20-12-23-24(13-21(20)29)32-26(31-23)25(16-5-6-16)15-3-1-14(2-4-15)18-9-10-30-22-8-7-17(28)11-19(18)22;27-18-7-9-23-24(13-18)31-26(30-23)25(17-5-6-17)16-3-1-15(2-4-16)20-11-12-29-22-10-8-19(28)14-21(20)22;27-18-7-9-22-21(13-18)20(11-12-29-22)15-1-3-16(4-2-15)25(17-5-6-17)26-30-23-10-8-19(28)14-24(23)31-26/h8-18,26H,2-7H2,1H3,(H,31,32);7-16,25H,1-6H2,(H,31,32);2*7-17,25H,1-6H2,(H,30,31)/t16?,17?,26-;14?,15?,25-;2*15?,16?,25-/m0000/s1. The fraction of sp³-hybridized carbons (Fsp3) is 0.387. The molecule has 14 nitrogen and oxygen atoms in total. The second-order valence-corrected chi connectivity index (χ2v) is 38.8. The molecule has 8 aliphatic rings. The van der Waals surface area contributed by atoms with Gasteiger partial charge in [-0.05, 0) is 405 Å². The van der Waals surface area contributed by atoms with Gasteiger partial charge in [-0.1, -0.05) is 23.2 Å². The summed E-state index contributed by atoms with van der Waals surface area (Å²) < 4.78 is 88.1. The van der Waals surface area contributed by atoms with Gasteiger partial charge >= 0.3 is 5.97 Å². The molecule has 8 fully saturated rings. The van der Waals surface area contributed by atoms with Crippen LogP contribution in [0.2, 0.25) is 10.0 Å². The lowest BCUT2D eigenvalue weighted by Gasteiger charge is -2.34. The minimum atomic E-state index is -0.418. The van der Waals surface area contributed by atoms with Crippen LogP contribution in [0.1, 0.15) is 257 Å². The lowest BCUT2D eigenvalue weighted by atomic mass is 9.72. The Morgan fingerprint density at radius 1 is 0.305 bits per heavy atom. The number of nitrogens with zero attached hydrogens (tertiary/aromatic N) is 8. The van der Waals surface area contributed by atoms with Crippen LogP contribution >= 0.6 is 23.2 Å². The van der Waals surface area contributed by atoms with E-state index in [0.717, 1.165) is 206 Å². The maximum absolute atomic E-state index is 13.9. The van der Waals surface area contributed by atoms with E-state index in [-0.39, 0.29) is 40.1 Å². The van der Waals surface area contributed by atoms with Gasteiger partial charge in [0, 0.05) is 81.1 Å². The molecular formula is C106H102Cl2F6N12O2. The highest BCUT2D eigenvalue weighted by Gasteiger charge is 2.46. The summed E-state index contributed by atoms with van der Waals surface area (Å²) in [6, 6.07) is 47.1. The van der Waals surface area contributed by atoms with E-state index in [1.807, 2.05) is 55.1 Å². The van der Waals surface area contributed by atoms with Crippen molar-refractivity contribution in [1.82, 2.24) is 59.8 Å². The number of benzene rings is 8. The van der Waals surface area contributed by atoms with Crippen molar-refractivity contribution >= 4 is 117 Å².